The molecule has 30 heavy (non-hydrogen) atoms. The first-order valence-electron chi connectivity index (χ1n) is 9.90. The number of carbonyl (C=O) groups excluding carboxylic acids is 3. The molecule has 0 bridgehead atoms. The molecule has 0 saturated carbocycles. The van der Waals surface area contributed by atoms with Gasteiger partial charge in [0.1, 0.15) is 5.69 Å². The van der Waals surface area contributed by atoms with Crippen LogP contribution in [0.5, 0.6) is 0 Å². The van der Waals surface area contributed by atoms with Gasteiger partial charge in [0.05, 0.1) is 18.6 Å². The van der Waals surface area contributed by atoms with Crippen molar-refractivity contribution in [1.82, 2.24) is 15.2 Å². The van der Waals surface area contributed by atoms with Crippen molar-refractivity contribution in [2.45, 2.75) is 33.2 Å². The van der Waals surface area contributed by atoms with E-state index in [9.17, 15) is 14.4 Å². The summed E-state index contributed by atoms with van der Waals surface area (Å²) in [6, 6.07) is 7.31. The van der Waals surface area contributed by atoms with Crippen molar-refractivity contribution in [3.05, 3.63) is 57.4 Å². The minimum absolute atomic E-state index is 0.0721. The fourth-order valence-corrected chi connectivity index (χ4v) is 3.97. The molecule has 1 aromatic heterocycles. The number of likely N-dealkylation sites (tertiary alicyclic amines) is 1. The molecule has 0 aliphatic carbocycles. The number of aromatic nitrogens is 1. The Morgan fingerprint density at radius 2 is 1.93 bits per heavy atom. The van der Waals surface area contributed by atoms with Gasteiger partial charge in [-0.05, 0) is 49.9 Å². The van der Waals surface area contributed by atoms with Crippen LogP contribution in [0.2, 0.25) is 5.02 Å². The molecule has 160 valence electrons. The molecule has 1 aliphatic heterocycles. The van der Waals surface area contributed by atoms with Crippen molar-refractivity contribution < 1.29 is 19.1 Å². The Hall–Kier alpha value is -2.80. The van der Waals surface area contributed by atoms with E-state index in [1.54, 1.807) is 30.9 Å². The third-order valence-electron chi connectivity index (χ3n) is 5.50. The average Bonchev–Trinajstić information content (AvgIpc) is 3.06. The molecule has 1 aromatic carbocycles. The first-order chi connectivity index (χ1) is 14.3. The van der Waals surface area contributed by atoms with E-state index >= 15 is 0 Å². The molecule has 0 radical (unpaired) electrons. The summed E-state index contributed by atoms with van der Waals surface area (Å²) in [5, 5.41) is 3.60. The Kier molecular flexibility index (Phi) is 6.82. The van der Waals surface area contributed by atoms with Crippen molar-refractivity contribution in [2.75, 3.05) is 20.2 Å². The molecule has 1 atom stereocenters. The van der Waals surface area contributed by atoms with Gasteiger partial charge in [-0.1, -0.05) is 23.7 Å². The number of benzene rings is 1. The van der Waals surface area contributed by atoms with Gasteiger partial charge in [-0.2, -0.15) is 0 Å². The van der Waals surface area contributed by atoms with Crippen LogP contribution in [0.15, 0.2) is 24.3 Å². The number of hydrogen-bond donors (Lipinski definition) is 2. The van der Waals surface area contributed by atoms with E-state index in [1.165, 1.54) is 7.11 Å². The predicted octanol–water partition coefficient (Wildman–Crippen LogP) is 3.24. The molecule has 1 saturated heterocycles. The molecule has 1 aliphatic rings. The molecule has 2 heterocycles. The predicted molar refractivity (Wildman–Crippen MR) is 114 cm³/mol. The van der Waals surface area contributed by atoms with E-state index in [1.807, 2.05) is 12.1 Å². The lowest BCUT2D eigenvalue weighted by Gasteiger charge is -2.32. The third kappa shape index (κ3) is 4.67. The van der Waals surface area contributed by atoms with Crippen LogP contribution >= 0.6 is 11.6 Å². The third-order valence-corrected chi connectivity index (χ3v) is 5.75. The van der Waals surface area contributed by atoms with Crippen LogP contribution in [0.3, 0.4) is 0 Å². The molecular weight excluding hydrogens is 406 g/mol. The molecular formula is C22H26ClN3O4. The normalized spacial score (nSPS) is 16.3. The Bertz CT molecular complexity index is 952. The number of amides is 2. The zero-order valence-corrected chi connectivity index (χ0v) is 18.1. The zero-order chi connectivity index (χ0) is 21.8. The summed E-state index contributed by atoms with van der Waals surface area (Å²) < 4.78 is 4.81. The Morgan fingerprint density at radius 1 is 1.23 bits per heavy atom. The largest absolute Gasteiger partial charge is 0.465 e. The number of aryl methyl sites for hydroxylation is 1. The van der Waals surface area contributed by atoms with Crippen LogP contribution in [-0.2, 0) is 16.1 Å². The minimum Gasteiger partial charge on any atom is -0.465 e. The molecule has 3 rings (SSSR count). The number of methoxy groups -OCH3 is 1. The van der Waals surface area contributed by atoms with Crippen LogP contribution in [0.25, 0.3) is 0 Å². The second-order valence-corrected chi connectivity index (χ2v) is 7.99. The van der Waals surface area contributed by atoms with Gasteiger partial charge in [-0.25, -0.2) is 4.79 Å². The van der Waals surface area contributed by atoms with Crippen molar-refractivity contribution in [2.24, 2.45) is 5.92 Å². The highest BCUT2D eigenvalue weighted by Gasteiger charge is 2.31. The van der Waals surface area contributed by atoms with Gasteiger partial charge in [0.25, 0.3) is 5.91 Å². The number of piperidine rings is 1. The summed E-state index contributed by atoms with van der Waals surface area (Å²) in [7, 11) is 1.31. The fourth-order valence-electron chi connectivity index (χ4n) is 3.84. The summed E-state index contributed by atoms with van der Waals surface area (Å²) in [5.41, 5.74) is 2.88. The van der Waals surface area contributed by atoms with Gasteiger partial charge < -0.3 is 19.9 Å². The fraction of sp³-hybridized carbons (Fsp3) is 0.409. The zero-order valence-electron chi connectivity index (χ0n) is 17.4. The second-order valence-electron chi connectivity index (χ2n) is 7.55. The highest BCUT2D eigenvalue weighted by atomic mass is 35.5. The highest BCUT2D eigenvalue weighted by Crippen LogP contribution is 2.23. The molecule has 7 nitrogen and oxygen atoms in total. The molecule has 8 heteroatoms. The van der Waals surface area contributed by atoms with Crippen molar-refractivity contribution in [3.63, 3.8) is 0 Å². The first-order valence-corrected chi connectivity index (χ1v) is 10.3. The van der Waals surface area contributed by atoms with Crippen LogP contribution in [0.1, 0.15) is 50.5 Å². The molecule has 2 amide bonds. The molecule has 0 spiro atoms. The van der Waals surface area contributed by atoms with Gasteiger partial charge in [0.15, 0.2) is 0 Å². The van der Waals surface area contributed by atoms with E-state index in [2.05, 4.69) is 10.3 Å². The van der Waals surface area contributed by atoms with E-state index < -0.39 is 5.97 Å². The topological polar surface area (TPSA) is 91.5 Å². The Labute approximate surface area is 180 Å². The van der Waals surface area contributed by atoms with Crippen molar-refractivity contribution >= 4 is 29.4 Å². The number of aromatic amines is 1. The number of carbonyl (C=O) groups is 3. The Morgan fingerprint density at radius 3 is 2.60 bits per heavy atom. The average molecular weight is 432 g/mol. The second kappa shape index (κ2) is 9.34. The number of esters is 1. The lowest BCUT2D eigenvalue weighted by Crippen LogP contribution is -2.45. The quantitative estimate of drug-likeness (QED) is 0.711. The van der Waals surface area contributed by atoms with Gasteiger partial charge in [0.2, 0.25) is 5.91 Å². The summed E-state index contributed by atoms with van der Waals surface area (Å²) in [4.78, 5) is 42.4. The van der Waals surface area contributed by atoms with Crippen molar-refractivity contribution in [3.8, 4) is 0 Å². The molecule has 1 fully saturated rings. The summed E-state index contributed by atoms with van der Waals surface area (Å²) in [6.07, 6.45) is 1.47. The Balaban J connectivity index is 1.65. The number of rotatable bonds is 5. The summed E-state index contributed by atoms with van der Waals surface area (Å²) >= 11 is 5.89. The summed E-state index contributed by atoms with van der Waals surface area (Å²) in [6.45, 7) is 4.79. The van der Waals surface area contributed by atoms with E-state index in [0.717, 1.165) is 18.4 Å². The lowest BCUT2D eigenvalue weighted by atomic mass is 9.96. The standard InChI is InChI=1S/C22H26ClN3O4/c1-13-18(22(29)30-3)14(2)25-19(13)21(28)26-10-4-5-16(12-26)20(27)24-11-15-6-8-17(23)9-7-15/h6-9,16,25H,4-5,10-12H2,1-3H3,(H,24,27). The van der Waals surface area contributed by atoms with Gasteiger partial charge in [0, 0.05) is 30.4 Å². The first kappa shape index (κ1) is 21.9. The van der Waals surface area contributed by atoms with E-state index in [-0.39, 0.29) is 17.7 Å². The van der Waals surface area contributed by atoms with Crippen LogP contribution < -0.4 is 5.32 Å². The number of hydrogen-bond acceptors (Lipinski definition) is 4. The number of nitrogens with one attached hydrogen (secondary N) is 2. The molecule has 1 unspecified atom stereocenters. The SMILES string of the molecule is COC(=O)c1c(C)[nH]c(C(=O)N2CCCC(C(=O)NCc3ccc(Cl)cc3)C2)c1C. The molecule has 2 aromatic rings. The summed E-state index contributed by atoms with van der Waals surface area (Å²) in [5.74, 6) is -1.03. The minimum atomic E-state index is -0.474. The van der Waals surface area contributed by atoms with Gasteiger partial charge in [-0.15, -0.1) is 0 Å². The maximum absolute atomic E-state index is 13.1. The van der Waals surface area contributed by atoms with Gasteiger partial charge >= 0.3 is 5.97 Å². The van der Waals surface area contributed by atoms with Crippen LogP contribution in [0, 0.1) is 19.8 Å². The van der Waals surface area contributed by atoms with Gasteiger partial charge in [-0.3, -0.25) is 9.59 Å². The number of nitrogens with zero attached hydrogens (tertiary/aromatic N) is 1. The smallest absolute Gasteiger partial charge is 0.339 e. The maximum atomic E-state index is 13.1. The number of H-pyrrole nitrogens is 1. The van der Waals surface area contributed by atoms with E-state index in [0.29, 0.717) is 47.2 Å². The number of halogens is 1. The molecule has 2 N–H and O–H groups in total. The number of ether oxygens (including phenoxy) is 1. The van der Waals surface area contributed by atoms with E-state index in [4.69, 9.17) is 16.3 Å². The monoisotopic (exact) mass is 431 g/mol. The van der Waals surface area contributed by atoms with Crippen LogP contribution in [0.4, 0.5) is 0 Å². The van der Waals surface area contributed by atoms with Crippen molar-refractivity contribution in [1.29, 1.82) is 0 Å². The maximum Gasteiger partial charge on any atom is 0.339 e. The lowest BCUT2D eigenvalue weighted by molar-refractivity contribution is -0.126. The van der Waals surface area contributed by atoms with Crippen LogP contribution in [-0.4, -0.2) is 47.9 Å². The highest BCUT2D eigenvalue weighted by molar-refractivity contribution is 6.30.